The van der Waals surface area contributed by atoms with E-state index in [-0.39, 0.29) is 5.91 Å². The topological polar surface area (TPSA) is 50.8 Å². The summed E-state index contributed by atoms with van der Waals surface area (Å²) in [4.78, 5) is 14.7. The number of hydrogen-bond acceptors (Lipinski definition) is 4. The number of hydrogen-bond donors (Lipinski definition) is 1. The van der Waals surface area contributed by atoms with Gasteiger partial charge >= 0.3 is 0 Å². The third-order valence-corrected chi connectivity index (χ3v) is 4.62. The Labute approximate surface area is 151 Å². The van der Waals surface area contributed by atoms with Crippen LogP contribution in [0.5, 0.6) is 11.5 Å². The first-order valence-electron chi connectivity index (χ1n) is 9.28. The van der Waals surface area contributed by atoms with E-state index in [2.05, 4.69) is 24.1 Å². The maximum atomic E-state index is 12.2. The van der Waals surface area contributed by atoms with E-state index in [0.29, 0.717) is 12.3 Å². The van der Waals surface area contributed by atoms with Crippen molar-refractivity contribution in [1.82, 2.24) is 10.2 Å². The van der Waals surface area contributed by atoms with E-state index in [1.165, 1.54) is 19.5 Å². The molecule has 0 saturated carbocycles. The highest BCUT2D eigenvalue weighted by Gasteiger charge is 2.21. The van der Waals surface area contributed by atoms with Crippen molar-refractivity contribution in [3.05, 3.63) is 24.3 Å². The Balaban J connectivity index is 1.67. The second kappa shape index (κ2) is 9.66. The fourth-order valence-electron chi connectivity index (χ4n) is 3.56. The second-order valence-corrected chi connectivity index (χ2v) is 7.29. The molecule has 3 atom stereocenters. The number of methoxy groups -OCH3 is 1. The molecule has 1 amide bonds. The summed E-state index contributed by atoms with van der Waals surface area (Å²) in [6.45, 7) is 10.5. The molecule has 1 aliphatic rings. The van der Waals surface area contributed by atoms with E-state index in [0.717, 1.165) is 30.6 Å². The predicted octanol–water partition coefficient (Wildman–Crippen LogP) is 2.95. The summed E-state index contributed by atoms with van der Waals surface area (Å²) in [6, 6.07) is 7.30. The van der Waals surface area contributed by atoms with E-state index in [1.807, 2.05) is 18.2 Å². The van der Waals surface area contributed by atoms with E-state index >= 15 is 0 Å². The van der Waals surface area contributed by atoms with Crippen molar-refractivity contribution in [3.8, 4) is 11.5 Å². The first-order chi connectivity index (χ1) is 12.0. The third kappa shape index (κ3) is 6.58. The largest absolute Gasteiger partial charge is 0.497 e. The maximum Gasteiger partial charge on any atom is 0.260 e. The molecule has 0 aromatic heterocycles. The van der Waals surface area contributed by atoms with Crippen LogP contribution >= 0.6 is 0 Å². The molecule has 140 valence electrons. The summed E-state index contributed by atoms with van der Waals surface area (Å²) < 4.78 is 10.9. The molecule has 0 radical (unpaired) electrons. The van der Waals surface area contributed by atoms with Crippen molar-refractivity contribution in [2.24, 2.45) is 11.8 Å². The summed E-state index contributed by atoms with van der Waals surface area (Å²) in [5.41, 5.74) is 0. The number of nitrogens with zero attached hydrogens (tertiary/aromatic N) is 1. The summed E-state index contributed by atoms with van der Waals surface area (Å²) in [6.07, 6.45) is 1.77. The van der Waals surface area contributed by atoms with Crippen LogP contribution < -0.4 is 14.8 Å². The van der Waals surface area contributed by atoms with Gasteiger partial charge in [-0.2, -0.15) is 0 Å². The van der Waals surface area contributed by atoms with Gasteiger partial charge < -0.3 is 19.7 Å². The summed E-state index contributed by atoms with van der Waals surface area (Å²) in [5, 5.41) is 2.97. The van der Waals surface area contributed by atoms with E-state index in [4.69, 9.17) is 9.47 Å². The Bertz CT molecular complexity index is 539. The molecule has 1 heterocycles. The summed E-state index contributed by atoms with van der Waals surface area (Å²) in [5.74, 6) is 2.82. The van der Waals surface area contributed by atoms with Crippen LogP contribution in [-0.4, -0.2) is 50.2 Å². The Hall–Kier alpha value is -1.75. The van der Waals surface area contributed by atoms with E-state index in [9.17, 15) is 4.79 Å². The highest BCUT2D eigenvalue weighted by Crippen LogP contribution is 2.21. The average Bonchev–Trinajstić information content (AvgIpc) is 2.57. The fourth-order valence-corrected chi connectivity index (χ4v) is 3.56. The first-order valence-corrected chi connectivity index (χ1v) is 9.28. The van der Waals surface area contributed by atoms with Gasteiger partial charge in [0.1, 0.15) is 11.5 Å². The number of piperidine rings is 1. The van der Waals surface area contributed by atoms with E-state index < -0.39 is 6.10 Å². The quantitative estimate of drug-likeness (QED) is 0.734. The molecule has 5 nitrogen and oxygen atoms in total. The standard InChI is InChI=1S/C20H32N2O3/c1-15-11-16(2)14-22(13-15)10-6-9-21-20(23)17(3)25-19-8-5-7-18(12-19)24-4/h5,7-8,12,15-17H,6,9-11,13-14H2,1-4H3,(H,21,23)/t15-,16+,17-/m1/s1. The Kier molecular flexibility index (Phi) is 7.56. The van der Waals surface area contributed by atoms with Crippen LogP contribution in [-0.2, 0) is 4.79 Å². The van der Waals surface area contributed by atoms with Crippen LogP contribution in [0, 0.1) is 11.8 Å². The van der Waals surface area contributed by atoms with Crippen molar-refractivity contribution < 1.29 is 14.3 Å². The number of benzene rings is 1. The van der Waals surface area contributed by atoms with Crippen LogP contribution in [0.1, 0.15) is 33.6 Å². The van der Waals surface area contributed by atoms with Crippen LogP contribution in [0.2, 0.25) is 0 Å². The molecule has 0 spiro atoms. The van der Waals surface area contributed by atoms with Gasteiger partial charge in [-0.05, 0) is 50.3 Å². The van der Waals surface area contributed by atoms with Gasteiger partial charge in [-0.15, -0.1) is 0 Å². The van der Waals surface area contributed by atoms with E-state index in [1.54, 1.807) is 20.1 Å². The molecular formula is C20H32N2O3. The monoisotopic (exact) mass is 348 g/mol. The average molecular weight is 348 g/mol. The number of amides is 1. The molecule has 1 fully saturated rings. The Morgan fingerprint density at radius 3 is 2.64 bits per heavy atom. The summed E-state index contributed by atoms with van der Waals surface area (Å²) in [7, 11) is 1.61. The van der Waals surface area contributed by atoms with Crippen molar-refractivity contribution in [2.45, 2.75) is 39.7 Å². The molecule has 1 saturated heterocycles. The number of nitrogens with one attached hydrogen (secondary N) is 1. The lowest BCUT2D eigenvalue weighted by molar-refractivity contribution is -0.127. The minimum absolute atomic E-state index is 0.0804. The Morgan fingerprint density at radius 2 is 1.96 bits per heavy atom. The number of likely N-dealkylation sites (tertiary alicyclic amines) is 1. The lowest BCUT2D eigenvalue weighted by atomic mass is 9.92. The van der Waals surface area contributed by atoms with Crippen molar-refractivity contribution >= 4 is 5.91 Å². The summed E-state index contributed by atoms with van der Waals surface area (Å²) >= 11 is 0. The van der Waals surface area contributed by atoms with Gasteiger partial charge in [0.2, 0.25) is 0 Å². The molecule has 1 aliphatic heterocycles. The zero-order valence-electron chi connectivity index (χ0n) is 16.0. The van der Waals surface area contributed by atoms with Crippen LogP contribution in [0.15, 0.2) is 24.3 Å². The lowest BCUT2D eigenvalue weighted by Crippen LogP contribution is -2.41. The number of carbonyl (C=O) groups excluding carboxylic acids is 1. The van der Waals surface area contributed by atoms with Gasteiger partial charge in [0.15, 0.2) is 6.10 Å². The van der Waals surface area contributed by atoms with Gasteiger partial charge in [-0.1, -0.05) is 19.9 Å². The smallest absolute Gasteiger partial charge is 0.260 e. The zero-order chi connectivity index (χ0) is 18.2. The fraction of sp³-hybridized carbons (Fsp3) is 0.650. The second-order valence-electron chi connectivity index (χ2n) is 7.29. The predicted molar refractivity (Wildman–Crippen MR) is 100 cm³/mol. The highest BCUT2D eigenvalue weighted by molar-refractivity contribution is 5.80. The van der Waals surface area contributed by atoms with Crippen LogP contribution in [0.25, 0.3) is 0 Å². The number of carbonyl (C=O) groups is 1. The normalized spacial score (nSPS) is 22.2. The first kappa shape index (κ1) is 19.6. The number of rotatable bonds is 8. The minimum Gasteiger partial charge on any atom is -0.497 e. The molecule has 2 rings (SSSR count). The van der Waals surface area contributed by atoms with Gasteiger partial charge in [-0.25, -0.2) is 0 Å². The Morgan fingerprint density at radius 1 is 1.28 bits per heavy atom. The van der Waals surface area contributed by atoms with Gasteiger partial charge in [0, 0.05) is 25.7 Å². The molecule has 1 aromatic rings. The lowest BCUT2D eigenvalue weighted by Gasteiger charge is -2.34. The molecule has 1 aromatic carbocycles. The molecular weight excluding hydrogens is 316 g/mol. The molecule has 1 N–H and O–H groups in total. The van der Waals surface area contributed by atoms with Crippen molar-refractivity contribution in [1.29, 1.82) is 0 Å². The van der Waals surface area contributed by atoms with Crippen molar-refractivity contribution in [2.75, 3.05) is 33.3 Å². The SMILES string of the molecule is COc1cccc(O[C@H](C)C(=O)NCCCN2C[C@H](C)C[C@H](C)C2)c1. The molecule has 0 unspecified atom stereocenters. The number of ether oxygens (including phenoxy) is 2. The molecule has 0 aliphatic carbocycles. The molecule has 5 heteroatoms. The van der Waals surface area contributed by atoms with Gasteiger partial charge in [0.25, 0.3) is 5.91 Å². The highest BCUT2D eigenvalue weighted by atomic mass is 16.5. The van der Waals surface area contributed by atoms with Crippen molar-refractivity contribution in [3.63, 3.8) is 0 Å². The van der Waals surface area contributed by atoms with Gasteiger partial charge in [-0.3, -0.25) is 4.79 Å². The third-order valence-electron chi connectivity index (χ3n) is 4.62. The van der Waals surface area contributed by atoms with Crippen LogP contribution in [0.4, 0.5) is 0 Å². The maximum absolute atomic E-state index is 12.2. The molecule has 0 bridgehead atoms. The minimum atomic E-state index is -0.526. The molecule has 25 heavy (non-hydrogen) atoms. The zero-order valence-corrected chi connectivity index (χ0v) is 16.0. The van der Waals surface area contributed by atoms with Crippen LogP contribution in [0.3, 0.4) is 0 Å². The van der Waals surface area contributed by atoms with Gasteiger partial charge in [0.05, 0.1) is 7.11 Å².